The van der Waals surface area contributed by atoms with Crippen LogP contribution in [0.15, 0.2) is 23.0 Å². The topological polar surface area (TPSA) is 86.7 Å². The molecule has 1 heterocycles. The summed E-state index contributed by atoms with van der Waals surface area (Å²) in [6, 6.07) is 5.78. The Kier molecular flexibility index (Phi) is 3.49. The molecule has 92 valence electrons. The Labute approximate surface area is 99.4 Å². The number of aromatic amines is 2. The second-order valence-electron chi connectivity index (χ2n) is 4.40. The molecule has 0 fully saturated rings. The fraction of sp³-hybridized carbons (Fsp3) is 0.417. The van der Waals surface area contributed by atoms with Crippen LogP contribution in [0.3, 0.4) is 0 Å². The van der Waals surface area contributed by atoms with Crippen molar-refractivity contribution in [1.29, 1.82) is 0 Å². The van der Waals surface area contributed by atoms with E-state index < -0.39 is 0 Å². The maximum atomic E-state index is 11.1. The van der Waals surface area contributed by atoms with Crippen molar-refractivity contribution >= 4 is 16.7 Å². The van der Waals surface area contributed by atoms with Crippen molar-refractivity contribution < 1.29 is 0 Å². The number of nitrogens with two attached hydrogens (primary N) is 1. The standard InChI is InChI=1S/C12H18N4O/c1-8(7-13)4-5-14-9-2-3-10-11(6-9)16-12(17)15-10/h2-3,6,8,14H,4-5,7,13H2,1H3,(H2,15,16,17). The van der Waals surface area contributed by atoms with Gasteiger partial charge >= 0.3 is 5.69 Å². The van der Waals surface area contributed by atoms with E-state index in [0.29, 0.717) is 12.5 Å². The van der Waals surface area contributed by atoms with Crippen LogP contribution in [0.4, 0.5) is 5.69 Å². The van der Waals surface area contributed by atoms with Gasteiger partial charge in [-0.05, 0) is 37.1 Å². The second kappa shape index (κ2) is 5.05. The lowest BCUT2D eigenvalue weighted by molar-refractivity contribution is 0.561. The number of benzene rings is 1. The normalized spacial score (nSPS) is 12.8. The monoisotopic (exact) mass is 234 g/mol. The summed E-state index contributed by atoms with van der Waals surface area (Å²) in [6.07, 6.45) is 1.04. The minimum Gasteiger partial charge on any atom is -0.385 e. The Morgan fingerprint density at radius 2 is 2.12 bits per heavy atom. The fourth-order valence-corrected chi connectivity index (χ4v) is 1.72. The summed E-state index contributed by atoms with van der Waals surface area (Å²) in [5, 5.41) is 3.32. The van der Waals surface area contributed by atoms with Crippen molar-refractivity contribution in [3.63, 3.8) is 0 Å². The van der Waals surface area contributed by atoms with E-state index in [-0.39, 0.29) is 5.69 Å². The minimum atomic E-state index is -0.172. The summed E-state index contributed by atoms with van der Waals surface area (Å²) in [7, 11) is 0. The Bertz CT molecular complexity index is 543. The van der Waals surface area contributed by atoms with Crippen molar-refractivity contribution in [3.8, 4) is 0 Å². The third kappa shape index (κ3) is 2.88. The van der Waals surface area contributed by atoms with Gasteiger partial charge in [0, 0.05) is 12.2 Å². The molecule has 0 aliphatic heterocycles. The number of fused-ring (bicyclic) bond motifs is 1. The SMILES string of the molecule is CC(CN)CCNc1ccc2[nH]c(=O)[nH]c2c1. The number of hydrogen-bond acceptors (Lipinski definition) is 3. The van der Waals surface area contributed by atoms with Crippen molar-refractivity contribution in [3.05, 3.63) is 28.7 Å². The Morgan fingerprint density at radius 1 is 1.35 bits per heavy atom. The fourth-order valence-electron chi connectivity index (χ4n) is 1.72. The second-order valence-corrected chi connectivity index (χ2v) is 4.40. The highest BCUT2D eigenvalue weighted by Gasteiger charge is 2.01. The van der Waals surface area contributed by atoms with E-state index in [2.05, 4.69) is 22.2 Å². The van der Waals surface area contributed by atoms with Gasteiger partial charge in [-0.2, -0.15) is 0 Å². The van der Waals surface area contributed by atoms with Crippen LogP contribution >= 0.6 is 0 Å². The van der Waals surface area contributed by atoms with Gasteiger partial charge in [-0.15, -0.1) is 0 Å². The molecule has 0 spiro atoms. The molecule has 5 nitrogen and oxygen atoms in total. The highest BCUT2D eigenvalue weighted by Crippen LogP contribution is 2.14. The molecule has 1 atom stereocenters. The van der Waals surface area contributed by atoms with E-state index in [0.717, 1.165) is 29.7 Å². The minimum absolute atomic E-state index is 0.172. The van der Waals surface area contributed by atoms with Crippen molar-refractivity contribution in [1.82, 2.24) is 9.97 Å². The average molecular weight is 234 g/mol. The molecule has 0 saturated heterocycles. The zero-order valence-electron chi connectivity index (χ0n) is 9.92. The molecule has 0 bridgehead atoms. The van der Waals surface area contributed by atoms with Crippen LogP contribution in [0.1, 0.15) is 13.3 Å². The van der Waals surface area contributed by atoms with Gasteiger partial charge < -0.3 is 21.0 Å². The maximum Gasteiger partial charge on any atom is 0.323 e. The van der Waals surface area contributed by atoms with Gasteiger partial charge in [-0.3, -0.25) is 0 Å². The van der Waals surface area contributed by atoms with Crippen LogP contribution < -0.4 is 16.7 Å². The molecule has 1 unspecified atom stereocenters. The first-order valence-electron chi connectivity index (χ1n) is 5.85. The Balaban J connectivity index is 2.01. The zero-order valence-corrected chi connectivity index (χ0v) is 9.92. The van der Waals surface area contributed by atoms with Crippen LogP contribution in [0.5, 0.6) is 0 Å². The molecule has 0 saturated carbocycles. The predicted octanol–water partition coefficient (Wildman–Crippen LogP) is 1.25. The molecule has 5 heteroatoms. The van der Waals surface area contributed by atoms with Crippen LogP contribution in [0.25, 0.3) is 11.0 Å². The van der Waals surface area contributed by atoms with Gasteiger partial charge in [0.25, 0.3) is 0 Å². The number of rotatable bonds is 5. The number of aromatic nitrogens is 2. The molecular formula is C12H18N4O. The Morgan fingerprint density at radius 3 is 2.88 bits per heavy atom. The summed E-state index contributed by atoms with van der Waals surface area (Å²) in [5.74, 6) is 0.526. The van der Waals surface area contributed by atoms with Crippen molar-refractivity contribution in [2.24, 2.45) is 11.7 Å². The largest absolute Gasteiger partial charge is 0.385 e. The van der Waals surface area contributed by atoms with Gasteiger partial charge in [-0.1, -0.05) is 6.92 Å². The summed E-state index contributed by atoms with van der Waals surface area (Å²) in [4.78, 5) is 16.5. The molecule has 0 aliphatic rings. The first-order chi connectivity index (χ1) is 8.19. The third-order valence-electron chi connectivity index (χ3n) is 2.88. The van der Waals surface area contributed by atoms with E-state index in [9.17, 15) is 4.79 Å². The summed E-state index contributed by atoms with van der Waals surface area (Å²) in [5.41, 5.74) is 8.05. The van der Waals surface area contributed by atoms with Crippen LogP contribution in [-0.2, 0) is 0 Å². The van der Waals surface area contributed by atoms with Crippen LogP contribution in [0.2, 0.25) is 0 Å². The number of hydrogen-bond donors (Lipinski definition) is 4. The van der Waals surface area contributed by atoms with E-state index in [4.69, 9.17) is 5.73 Å². The molecule has 2 aromatic rings. The van der Waals surface area contributed by atoms with Gasteiger partial charge in [0.1, 0.15) is 0 Å². The number of nitrogens with one attached hydrogen (secondary N) is 3. The molecule has 5 N–H and O–H groups in total. The van der Waals surface area contributed by atoms with Crippen molar-refractivity contribution in [2.75, 3.05) is 18.4 Å². The van der Waals surface area contributed by atoms with E-state index >= 15 is 0 Å². The summed E-state index contributed by atoms with van der Waals surface area (Å²) < 4.78 is 0. The van der Waals surface area contributed by atoms with Gasteiger partial charge in [-0.25, -0.2) is 4.79 Å². The van der Waals surface area contributed by atoms with Crippen LogP contribution in [-0.4, -0.2) is 23.1 Å². The predicted molar refractivity (Wildman–Crippen MR) is 70.2 cm³/mol. The quantitative estimate of drug-likeness (QED) is 0.628. The lowest BCUT2D eigenvalue weighted by Crippen LogP contribution is -2.14. The first kappa shape index (κ1) is 11.7. The summed E-state index contributed by atoms with van der Waals surface area (Å²) in [6.45, 7) is 3.74. The molecule has 0 amide bonds. The maximum absolute atomic E-state index is 11.1. The van der Waals surface area contributed by atoms with E-state index in [1.807, 2.05) is 18.2 Å². The molecule has 17 heavy (non-hydrogen) atoms. The highest BCUT2D eigenvalue weighted by atomic mass is 16.1. The molecule has 2 rings (SSSR count). The molecule has 1 aromatic heterocycles. The van der Waals surface area contributed by atoms with Gasteiger partial charge in [0.2, 0.25) is 0 Å². The molecule has 0 radical (unpaired) electrons. The van der Waals surface area contributed by atoms with Crippen molar-refractivity contribution in [2.45, 2.75) is 13.3 Å². The Hall–Kier alpha value is -1.75. The van der Waals surface area contributed by atoms with Gasteiger partial charge in [0.15, 0.2) is 0 Å². The number of anilines is 1. The number of H-pyrrole nitrogens is 2. The average Bonchev–Trinajstić information content (AvgIpc) is 2.68. The number of imidazole rings is 1. The smallest absolute Gasteiger partial charge is 0.323 e. The third-order valence-corrected chi connectivity index (χ3v) is 2.88. The lowest BCUT2D eigenvalue weighted by atomic mass is 10.1. The first-order valence-corrected chi connectivity index (χ1v) is 5.85. The molecule has 1 aromatic carbocycles. The van der Waals surface area contributed by atoms with E-state index in [1.54, 1.807) is 0 Å². The van der Waals surface area contributed by atoms with Crippen LogP contribution in [0, 0.1) is 5.92 Å². The summed E-state index contributed by atoms with van der Waals surface area (Å²) >= 11 is 0. The van der Waals surface area contributed by atoms with E-state index in [1.165, 1.54) is 0 Å². The highest BCUT2D eigenvalue weighted by molar-refractivity contribution is 5.78. The van der Waals surface area contributed by atoms with Gasteiger partial charge in [0.05, 0.1) is 11.0 Å². The lowest BCUT2D eigenvalue weighted by Gasteiger charge is -2.10. The molecular weight excluding hydrogens is 216 g/mol. The zero-order chi connectivity index (χ0) is 12.3. The molecule has 0 aliphatic carbocycles.